The third-order valence-electron chi connectivity index (χ3n) is 7.90. The third-order valence-corrected chi connectivity index (χ3v) is 8.96. The van der Waals surface area contributed by atoms with Gasteiger partial charge < -0.3 is 29.6 Å². The highest BCUT2D eigenvalue weighted by Gasteiger charge is 2.31. The molecule has 0 spiro atoms. The van der Waals surface area contributed by atoms with Crippen LogP contribution in [-0.4, -0.2) is 69.4 Å². The lowest BCUT2D eigenvalue weighted by Crippen LogP contribution is -2.42. The molecule has 45 heavy (non-hydrogen) atoms. The van der Waals surface area contributed by atoms with Crippen LogP contribution >= 0.6 is 11.8 Å². The molecule has 11 nitrogen and oxygen atoms in total. The van der Waals surface area contributed by atoms with Crippen molar-refractivity contribution in [2.75, 3.05) is 39.7 Å². The summed E-state index contributed by atoms with van der Waals surface area (Å²) in [4.78, 5) is 30.6. The summed E-state index contributed by atoms with van der Waals surface area (Å²) in [5.74, 6) is 2.10. The van der Waals surface area contributed by atoms with Crippen molar-refractivity contribution in [3.63, 3.8) is 0 Å². The Morgan fingerprint density at radius 1 is 1.04 bits per heavy atom. The number of ether oxygens (including phenoxy) is 4. The maximum absolute atomic E-state index is 12.7. The largest absolute Gasteiger partial charge is 0.492 e. The summed E-state index contributed by atoms with van der Waals surface area (Å²) in [5, 5.41) is 10.7. The Labute approximate surface area is 268 Å². The lowest BCUT2D eigenvalue weighted by molar-refractivity contribution is -0.145. The van der Waals surface area contributed by atoms with Crippen LogP contribution in [0.5, 0.6) is 11.5 Å². The van der Waals surface area contributed by atoms with Crippen molar-refractivity contribution in [3.8, 4) is 11.5 Å². The molecule has 2 aromatic rings. The van der Waals surface area contributed by atoms with Gasteiger partial charge in [-0.15, -0.1) is 11.8 Å². The van der Waals surface area contributed by atoms with Crippen molar-refractivity contribution in [1.29, 1.82) is 0 Å². The van der Waals surface area contributed by atoms with Crippen molar-refractivity contribution < 1.29 is 28.5 Å². The Kier molecular flexibility index (Phi) is 11.2. The molecule has 1 aliphatic heterocycles. The summed E-state index contributed by atoms with van der Waals surface area (Å²) in [7, 11) is 3.32. The number of fused-ring (bicyclic) bond motifs is 2. The molecule has 240 valence electrons. The molecule has 1 atom stereocenters. The Morgan fingerprint density at radius 2 is 1.84 bits per heavy atom. The van der Waals surface area contributed by atoms with Gasteiger partial charge in [0, 0.05) is 17.9 Å². The summed E-state index contributed by atoms with van der Waals surface area (Å²) in [5.41, 5.74) is 9.83. The Morgan fingerprint density at radius 3 is 2.58 bits per heavy atom. The Balaban J connectivity index is 1.31. The molecule has 1 amide bonds. The zero-order valence-corrected chi connectivity index (χ0v) is 26.9. The van der Waals surface area contributed by atoms with Crippen molar-refractivity contribution in [3.05, 3.63) is 58.7 Å². The number of thioether (sulfide) groups is 1. The van der Waals surface area contributed by atoms with Crippen LogP contribution in [0.2, 0.25) is 0 Å². The van der Waals surface area contributed by atoms with Gasteiger partial charge in [0.15, 0.2) is 11.5 Å². The highest BCUT2D eigenvalue weighted by Crippen LogP contribution is 2.50. The maximum atomic E-state index is 12.7. The van der Waals surface area contributed by atoms with Crippen LogP contribution < -0.4 is 25.5 Å². The van der Waals surface area contributed by atoms with E-state index in [0.29, 0.717) is 29.6 Å². The Hall–Kier alpha value is -4.19. The predicted molar refractivity (Wildman–Crippen MR) is 175 cm³/mol. The minimum Gasteiger partial charge on any atom is -0.492 e. The first-order chi connectivity index (χ1) is 22.0. The molecule has 3 N–H and O–H groups in total. The highest BCUT2D eigenvalue weighted by molar-refractivity contribution is 7.99. The summed E-state index contributed by atoms with van der Waals surface area (Å²) >= 11 is 1.55. The van der Waals surface area contributed by atoms with E-state index in [1.54, 1.807) is 32.9 Å². The van der Waals surface area contributed by atoms with E-state index in [0.717, 1.165) is 66.9 Å². The summed E-state index contributed by atoms with van der Waals surface area (Å²) in [6.07, 6.45) is 4.20. The van der Waals surface area contributed by atoms with E-state index < -0.39 is 18.1 Å². The highest BCUT2D eigenvalue weighted by atomic mass is 32.2. The van der Waals surface area contributed by atoms with E-state index in [9.17, 15) is 9.59 Å². The smallest absolute Gasteiger partial charge is 0.408 e. The van der Waals surface area contributed by atoms with E-state index in [1.807, 2.05) is 30.3 Å². The SMILES string of the molecule is CCOC(=O)C(CCSc1cc2c(c(OC)c1OC)C1=C(CCC1)C(=NNC1=NCCN1)CC2)NC(=O)OCc1ccccc1. The molecule has 0 aromatic heterocycles. The average molecular weight is 636 g/mol. The molecule has 0 fully saturated rings. The summed E-state index contributed by atoms with van der Waals surface area (Å²) in [6, 6.07) is 10.7. The molecule has 3 aliphatic rings. The topological polar surface area (TPSA) is 132 Å². The number of alkyl carbamates (subject to hydrolysis) is 1. The maximum Gasteiger partial charge on any atom is 0.408 e. The first kappa shape index (κ1) is 32.2. The first-order valence-electron chi connectivity index (χ1n) is 15.4. The molecule has 5 rings (SSSR count). The molecule has 0 saturated carbocycles. The third kappa shape index (κ3) is 7.91. The molecule has 0 radical (unpaired) electrons. The number of rotatable bonds is 12. The number of methoxy groups -OCH3 is 2. The van der Waals surface area contributed by atoms with Crippen LogP contribution in [0.3, 0.4) is 0 Å². The number of hydrogen-bond acceptors (Lipinski definition) is 11. The lowest BCUT2D eigenvalue weighted by Gasteiger charge is -2.21. The lowest BCUT2D eigenvalue weighted by atomic mass is 9.95. The number of carbonyl (C=O) groups excluding carboxylic acids is 2. The van der Waals surface area contributed by atoms with E-state index in [1.165, 1.54) is 16.7 Å². The second kappa shape index (κ2) is 15.7. The van der Waals surface area contributed by atoms with Crippen molar-refractivity contribution >= 4 is 41.1 Å². The fraction of sp³-hybridized carbons (Fsp3) is 0.455. The van der Waals surface area contributed by atoms with Gasteiger partial charge in [-0.3, -0.25) is 0 Å². The van der Waals surface area contributed by atoms with Crippen molar-refractivity contribution in [2.24, 2.45) is 10.1 Å². The molecule has 2 aromatic carbocycles. The molecule has 1 unspecified atom stereocenters. The fourth-order valence-corrected chi connectivity index (χ4v) is 6.94. The normalized spacial score (nSPS) is 17.0. The van der Waals surface area contributed by atoms with E-state index >= 15 is 0 Å². The average Bonchev–Trinajstić information content (AvgIpc) is 3.74. The number of aliphatic imine (C=N–C) groups is 1. The van der Waals surface area contributed by atoms with Gasteiger partial charge in [0.05, 0.1) is 38.0 Å². The monoisotopic (exact) mass is 635 g/mol. The number of nitrogens with one attached hydrogen (secondary N) is 3. The van der Waals surface area contributed by atoms with Gasteiger partial charge in [-0.05, 0) is 73.8 Å². The number of hydrogen-bond donors (Lipinski definition) is 3. The summed E-state index contributed by atoms with van der Waals surface area (Å²) < 4.78 is 22.6. The van der Waals surface area contributed by atoms with E-state index in [4.69, 9.17) is 24.0 Å². The number of carbonyl (C=O) groups is 2. The number of nitrogens with zero attached hydrogens (tertiary/aromatic N) is 2. The van der Waals surface area contributed by atoms with Gasteiger partial charge >= 0.3 is 12.1 Å². The zero-order valence-electron chi connectivity index (χ0n) is 26.1. The van der Waals surface area contributed by atoms with Crippen LogP contribution in [0, 0.1) is 0 Å². The molecular weight excluding hydrogens is 594 g/mol. The van der Waals surface area contributed by atoms with E-state index in [2.05, 4.69) is 27.1 Å². The second-order valence-corrected chi connectivity index (χ2v) is 11.9. The number of esters is 1. The van der Waals surface area contributed by atoms with Crippen LogP contribution in [0.1, 0.15) is 55.7 Å². The molecule has 0 saturated heterocycles. The van der Waals surface area contributed by atoms with E-state index in [-0.39, 0.29) is 13.2 Å². The van der Waals surface area contributed by atoms with Crippen LogP contribution in [-0.2, 0) is 27.3 Å². The van der Waals surface area contributed by atoms with Crippen LogP contribution in [0.15, 0.2) is 57.0 Å². The van der Waals surface area contributed by atoms with Gasteiger partial charge in [-0.1, -0.05) is 30.3 Å². The van der Waals surface area contributed by atoms with Crippen molar-refractivity contribution in [2.45, 2.75) is 63.0 Å². The number of guanidine groups is 1. The first-order valence-corrected chi connectivity index (χ1v) is 16.4. The second-order valence-electron chi connectivity index (χ2n) is 10.8. The number of hydrazone groups is 1. The molecule has 12 heteroatoms. The molecule has 1 heterocycles. The van der Waals surface area contributed by atoms with Crippen LogP contribution in [0.25, 0.3) is 5.57 Å². The number of aryl methyl sites for hydroxylation is 1. The van der Waals surface area contributed by atoms with Gasteiger partial charge in [0.1, 0.15) is 12.6 Å². The van der Waals surface area contributed by atoms with Gasteiger partial charge in [0.2, 0.25) is 5.96 Å². The molecule has 0 bridgehead atoms. The molecular formula is C33H41N5O6S. The number of allylic oxidation sites excluding steroid dienone is 2. The fourth-order valence-electron chi connectivity index (χ4n) is 5.83. The van der Waals surface area contributed by atoms with Crippen LogP contribution in [0.4, 0.5) is 4.79 Å². The van der Waals surface area contributed by atoms with Crippen molar-refractivity contribution in [1.82, 2.24) is 16.1 Å². The minimum atomic E-state index is -0.856. The van der Waals surface area contributed by atoms with Gasteiger partial charge in [-0.2, -0.15) is 5.10 Å². The predicted octanol–water partition coefficient (Wildman–Crippen LogP) is 4.83. The zero-order chi connectivity index (χ0) is 31.6. The molecule has 2 aliphatic carbocycles. The Bertz CT molecular complexity index is 1480. The van der Waals surface area contributed by atoms with Gasteiger partial charge in [0.25, 0.3) is 0 Å². The van der Waals surface area contributed by atoms with Gasteiger partial charge in [-0.25, -0.2) is 20.0 Å². The minimum absolute atomic E-state index is 0.107. The number of amides is 1. The summed E-state index contributed by atoms with van der Waals surface area (Å²) in [6.45, 7) is 3.62. The quantitative estimate of drug-likeness (QED) is 0.170. The standard InChI is InChI=1S/C33H41N5O6S/c1-4-43-31(39)26(36-33(40)44-20-21-9-6-5-7-10-21)15-18-45-27-19-22-13-14-25(37-38-32-34-16-17-35-32)23-11-8-12-24(23)28(22)30(42-3)29(27)41-2/h5-7,9-10,19,26H,4,8,11-18,20H2,1-3H3,(H,36,40)(H2,34,35,38). The number of benzene rings is 2.